The summed E-state index contributed by atoms with van der Waals surface area (Å²) in [6, 6.07) is 2.20. The highest BCUT2D eigenvalue weighted by molar-refractivity contribution is 6.15. The Kier molecular flexibility index (Phi) is 4.04. The number of nitrogens with zero attached hydrogens (tertiary/aromatic N) is 4. The normalized spacial score (nSPS) is 23.1. The van der Waals surface area contributed by atoms with Gasteiger partial charge in [0.2, 0.25) is 5.91 Å². The molecule has 3 aliphatic rings. The molecule has 2 amide bonds. The molecule has 2 aromatic rings. The summed E-state index contributed by atoms with van der Waals surface area (Å²) < 4.78 is 28.8. The molecule has 2 aromatic heterocycles. The number of fused-ring (bicyclic) bond motifs is 1. The van der Waals surface area contributed by atoms with Gasteiger partial charge in [0.15, 0.2) is 5.65 Å². The molecule has 0 spiro atoms. The molecule has 0 aromatic carbocycles. The number of carbonyl (C=O) groups excluding carboxylic acids is 2. The Morgan fingerprint density at radius 1 is 1.24 bits per heavy atom. The highest BCUT2D eigenvalue weighted by atomic mass is 19.3. The first kappa shape index (κ1) is 18.0. The van der Waals surface area contributed by atoms with E-state index in [-0.39, 0.29) is 38.3 Å². The standard InChI is InChI=1S/C19H20F2N6O2/c20-19(21)3-5-26(6-4-19)14-9-15(23-13-1-2-13)27-17(24-14)12(10-22-27)7-11-8-16(28)25-18(11)29/h7,9-10,13,23H,1-6,8H2,(H,25,28,29)/b11-7+. The van der Waals surface area contributed by atoms with Gasteiger partial charge in [-0.3, -0.25) is 14.9 Å². The SMILES string of the molecule is O=C1C/C(=C\c2cnn3c(NC4CC4)cc(N4CCC(F)(F)CC4)nc23)C(=O)N1. The number of carbonyl (C=O) groups is 2. The first-order chi connectivity index (χ1) is 13.9. The van der Waals surface area contributed by atoms with Gasteiger partial charge in [-0.15, -0.1) is 0 Å². The molecule has 29 heavy (non-hydrogen) atoms. The van der Waals surface area contributed by atoms with Gasteiger partial charge in [-0.1, -0.05) is 0 Å². The lowest BCUT2D eigenvalue weighted by atomic mass is 10.1. The van der Waals surface area contributed by atoms with Crippen LogP contribution in [0.4, 0.5) is 20.4 Å². The van der Waals surface area contributed by atoms with Gasteiger partial charge >= 0.3 is 0 Å². The molecular weight excluding hydrogens is 382 g/mol. The van der Waals surface area contributed by atoms with Crippen LogP contribution in [0.3, 0.4) is 0 Å². The first-order valence-corrected chi connectivity index (χ1v) is 9.71. The molecule has 2 saturated heterocycles. The Morgan fingerprint density at radius 3 is 2.66 bits per heavy atom. The molecule has 0 atom stereocenters. The summed E-state index contributed by atoms with van der Waals surface area (Å²) in [7, 11) is 0. The molecule has 2 N–H and O–H groups in total. The minimum absolute atomic E-state index is 0.0181. The van der Waals surface area contributed by atoms with Gasteiger partial charge in [-0.05, 0) is 18.9 Å². The summed E-state index contributed by atoms with van der Waals surface area (Å²) in [5.41, 5.74) is 1.47. The quantitative estimate of drug-likeness (QED) is 0.600. The topological polar surface area (TPSA) is 91.6 Å². The third kappa shape index (κ3) is 3.54. The van der Waals surface area contributed by atoms with E-state index in [2.05, 4.69) is 20.7 Å². The minimum atomic E-state index is -2.63. The number of hydrogen-bond donors (Lipinski definition) is 2. The second-order valence-electron chi connectivity index (χ2n) is 7.82. The molecule has 0 radical (unpaired) electrons. The van der Waals surface area contributed by atoms with E-state index >= 15 is 0 Å². The van der Waals surface area contributed by atoms with Crippen LogP contribution in [-0.2, 0) is 9.59 Å². The largest absolute Gasteiger partial charge is 0.367 e. The van der Waals surface area contributed by atoms with Crippen LogP contribution in [0.5, 0.6) is 0 Å². The molecule has 1 saturated carbocycles. The fourth-order valence-corrected chi connectivity index (χ4v) is 3.64. The Hall–Kier alpha value is -3.04. The Morgan fingerprint density at radius 2 is 2.00 bits per heavy atom. The van der Waals surface area contributed by atoms with Crippen LogP contribution in [0.2, 0.25) is 0 Å². The summed E-state index contributed by atoms with van der Waals surface area (Å²) in [5, 5.41) is 10.1. The molecule has 1 aliphatic carbocycles. The fraction of sp³-hybridized carbons (Fsp3) is 0.474. The zero-order valence-corrected chi connectivity index (χ0v) is 15.6. The smallest absolute Gasteiger partial charge is 0.254 e. The van der Waals surface area contributed by atoms with E-state index < -0.39 is 11.8 Å². The van der Waals surface area contributed by atoms with E-state index in [1.165, 1.54) is 0 Å². The maximum Gasteiger partial charge on any atom is 0.254 e. The van der Waals surface area contributed by atoms with E-state index in [1.54, 1.807) is 16.8 Å². The molecule has 4 heterocycles. The summed E-state index contributed by atoms with van der Waals surface area (Å²) in [4.78, 5) is 29.9. The Balaban J connectivity index is 1.55. The predicted molar refractivity (Wildman–Crippen MR) is 102 cm³/mol. The van der Waals surface area contributed by atoms with Crippen LogP contribution < -0.4 is 15.5 Å². The summed E-state index contributed by atoms with van der Waals surface area (Å²) in [5.74, 6) is -2.05. The number of rotatable bonds is 4. The van der Waals surface area contributed by atoms with E-state index in [9.17, 15) is 18.4 Å². The van der Waals surface area contributed by atoms with Crippen LogP contribution in [0, 0.1) is 0 Å². The van der Waals surface area contributed by atoms with E-state index in [4.69, 9.17) is 0 Å². The van der Waals surface area contributed by atoms with Gasteiger partial charge < -0.3 is 10.2 Å². The maximum absolute atomic E-state index is 13.6. The second-order valence-corrected chi connectivity index (χ2v) is 7.82. The summed E-state index contributed by atoms with van der Waals surface area (Å²) in [6.45, 7) is 0.445. The van der Waals surface area contributed by atoms with Crippen LogP contribution in [0.25, 0.3) is 11.7 Å². The molecule has 10 heteroatoms. The number of hydrogen-bond acceptors (Lipinski definition) is 6. The highest BCUT2D eigenvalue weighted by Gasteiger charge is 2.35. The zero-order chi connectivity index (χ0) is 20.2. The van der Waals surface area contributed by atoms with Gasteiger partial charge in [0.1, 0.15) is 11.6 Å². The third-order valence-corrected chi connectivity index (χ3v) is 5.46. The maximum atomic E-state index is 13.6. The van der Waals surface area contributed by atoms with Gasteiger partial charge in [-0.25, -0.2) is 13.8 Å². The van der Waals surface area contributed by atoms with Crippen molar-refractivity contribution in [3.05, 3.63) is 23.4 Å². The predicted octanol–water partition coefficient (Wildman–Crippen LogP) is 1.97. The third-order valence-electron chi connectivity index (χ3n) is 5.46. The second kappa shape index (κ2) is 6.50. The van der Waals surface area contributed by atoms with Gasteiger partial charge in [0.05, 0.1) is 12.6 Å². The van der Waals surface area contributed by atoms with Gasteiger partial charge in [0, 0.05) is 49.2 Å². The lowest BCUT2D eigenvalue weighted by Crippen LogP contribution is -2.39. The zero-order valence-electron chi connectivity index (χ0n) is 15.6. The summed E-state index contributed by atoms with van der Waals surface area (Å²) in [6.07, 6.45) is 4.95. The van der Waals surface area contributed by atoms with E-state index in [0.29, 0.717) is 28.6 Å². The molecule has 3 fully saturated rings. The van der Waals surface area contributed by atoms with Gasteiger partial charge in [-0.2, -0.15) is 9.61 Å². The number of amides is 2. The van der Waals surface area contributed by atoms with Crippen molar-refractivity contribution in [2.45, 2.75) is 44.1 Å². The van der Waals surface area contributed by atoms with Crippen molar-refractivity contribution in [1.29, 1.82) is 0 Å². The summed E-state index contributed by atoms with van der Waals surface area (Å²) >= 11 is 0. The monoisotopic (exact) mass is 402 g/mol. The molecule has 0 unspecified atom stereocenters. The molecular formula is C19H20F2N6O2. The number of anilines is 2. The van der Waals surface area contributed by atoms with Crippen molar-refractivity contribution >= 4 is 35.2 Å². The number of piperidine rings is 1. The van der Waals surface area contributed by atoms with Crippen molar-refractivity contribution in [2.75, 3.05) is 23.3 Å². The molecule has 2 aliphatic heterocycles. The van der Waals surface area contributed by atoms with Crippen LogP contribution in [-0.4, -0.2) is 51.5 Å². The number of aromatic nitrogens is 3. The van der Waals surface area contributed by atoms with E-state index in [0.717, 1.165) is 18.7 Å². The van der Waals surface area contributed by atoms with Crippen molar-refractivity contribution in [3.8, 4) is 0 Å². The lowest BCUT2D eigenvalue weighted by molar-refractivity contribution is -0.124. The number of halogens is 2. The molecule has 8 nitrogen and oxygen atoms in total. The van der Waals surface area contributed by atoms with Crippen LogP contribution in [0.15, 0.2) is 17.8 Å². The number of nitrogens with one attached hydrogen (secondary N) is 2. The van der Waals surface area contributed by atoms with Crippen molar-refractivity contribution in [3.63, 3.8) is 0 Å². The number of alkyl halides is 2. The average molecular weight is 402 g/mol. The van der Waals surface area contributed by atoms with Crippen molar-refractivity contribution in [1.82, 2.24) is 19.9 Å². The Bertz CT molecular complexity index is 1030. The fourth-order valence-electron chi connectivity index (χ4n) is 3.64. The minimum Gasteiger partial charge on any atom is -0.367 e. The lowest BCUT2D eigenvalue weighted by Gasteiger charge is -2.32. The van der Waals surface area contributed by atoms with E-state index in [1.807, 2.05) is 11.0 Å². The van der Waals surface area contributed by atoms with Crippen LogP contribution >= 0.6 is 0 Å². The average Bonchev–Trinajstić information content (AvgIpc) is 3.30. The van der Waals surface area contributed by atoms with Gasteiger partial charge in [0.25, 0.3) is 11.8 Å². The molecule has 5 rings (SSSR count). The number of imide groups is 1. The van der Waals surface area contributed by atoms with Crippen molar-refractivity contribution in [2.24, 2.45) is 0 Å². The Labute approximate surface area is 165 Å². The molecule has 152 valence electrons. The first-order valence-electron chi connectivity index (χ1n) is 9.71. The van der Waals surface area contributed by atoms with Crippen LogP contribution in [0.1, 0.15) is 37.7 Å². The van der Waals surface area contributed by atoms with Crippen molar-refractivity contribution < 1.29 is 18.4 Å². The molecule has 0 bridgehead atoms. The highest BCUT2D eigenvalue weighted by Crippen LogP contribution is 2.33.